The van der Waals surface area contributed by atoms with Gasteiger partial charge in [-0.05, 0) is 54.0 Å². The van der Waals surface area contributed by atoms with Gasteiger partial charge >= 0.3 is 0 Å². The van der Waals surface area contributed by atoms with Crippen LogP contribution < -0.4 is 10.2 Å². The number of allylic oxidation sites excluding steroid dienone is 1. The van der Waals surface area contributed by atoms with E-state index in [1.165, 1.54) is 16.8 Å². The second-order valence-corrected chi connectivity index (χ2v) is 10.5. The van der Waals surface area contributed by atoms with Gasteiger partial charge in [0, 0.05) is 29.9 Å². The van der Waals surface area contributed by atoms with E-state index in [1.807, 2.05) is 31.2 Å². The van der Waals surface area contributed by atoms with E-state index in [0.29, 0.717) is 16.5 Å². The Balaban J connectivity index is 1.35. The summed E-state index contributed by atoms with van der Waals surface area (Å²) >= 11 is 1.80. The first-order valence-corrected chi connectivity index (χ1v) is 13.0. The van der Waals surface area contributed by atoms with Crippen LogP contribution in [0.15, 0.2) is 53.6 Å². The minimum absolute atomic E-state index is 0.316. The van der Waals surface area contributed by atoms with Crippen LogP contribution in [0.2, 0.25) is 0 Å². The number of hydrogen-bond acceptors (Lipinski definition) is 6. The van der Waals surface area contributed by atoms with Crippen LogP contribution in [0.4, 0.5) is 14.5 Å². The fourth-order valence-electron chi connectivity index (χ4n) is 4.76. The van der Waals surface area contributed by atoms with Gasteiger partial charge in [-0.2, -0.15) is 5.26 Å². The summed E-state index contributed by atoms with van der Waals surface area (Å²) in [6.07, 6.45) is 2.85. The number of amides is 2. The van der Waals surface area contributed by atoms with E-state index >= 15 is 0 Å². The first-order valence-electron chi connectivity index (χ1n) is 12.1. The topological polar surface area (TPSA) is 89.3 Å². The largest absolute Gasteiger partial charge is 0.364 e. The Kier molecular flexibility index (Phi) is 6.80. The van der Waals surface area contributed by atoms with Crippen LogP contribution in [0, 0.1) is 11.3 Å². The highest BCUT2D eigenvalue weighted by atomic mass is 32.2. The third-order valence-corrected chi connectivity index (χ3v) is 7.93. The van der Waals surface area contributed by atoms with Crippen molar-refractivity contribution in [1.82, 2.24) is 15.2 Å². The third-order valence-electron chi connectivity index (χ3n) is 6.77. The van der Waals surface area contributed by atoms with Crippen molar-refractivity contribution in [2.75, 3.05) is 30.9 Å². The quantitative estimate of drug-likeness (QED) is 0.475. The minimum atomic E-state index is -3.11. The molecule has 0 radical (unpaired) electrons. The molecule has 10 heteroatoms. The average Bonchev–Trinajstić information content (AvgIpc) is 3.44. The number of halogens is 2. The van der Waals surface area contributed by atoms with Crippen LogP contribution in [0.25, 0.3) is 22.6 Å². The second-order valence-electron chi connectivity index (χ2n) is 9.53. The van der Waals surface area contributed by atoms with Crippen LogP contribution in [0.1, 0.15) is 34.8 Å². The maximum atomic E-state index is 13.7. The predicted molar refractivity (Wildman–Crippen MR) is 144 cm³/mol. The summed E-state index contributed by atoms with van der Waals surface area (Å²) in [6.45, 7) is 0.724. The summed E-state index contributed by atoms with van der Waals surface area (Å²) in [5, 5.41) is 12.2. The molecule has 3 aromatic rings. The number of fused-ring (bicyclic) bond motifs is 2. The molecule has 0 spiro atoms. The van der Waals surface area contributed by atoms with Gasteiger partial charge in [-0.25, -0.2) is 8.78 Å². The number of alkyl halides is 2. The molecule has 0 bridgehead atoms. The molecule has 1 saturated heterocycles. The van der Waals surface area contributed by atoms with Gasteiger partial charge in [-0.15, -0.1) is 11.8 Å². The van der Waals surface area contributed by atoms with E-state index < -0.39 is 43.3 Å². The summed E-state index contributed by atoms with van der Waals surface area (Å²) in [6, 6.07) is 14.1. The molecule has 5 rings (SSSR count). The molecule has 0 saturated carbocycles. The number of thioether (sulfide) groups is 1. The van der Waals surface area contributed by atoms with Crippen molar-refractivity contribution >= 4 is 51.8 Å². The molecule has 2 aromatic carbocycles. The molecule has 194 valence electrons. The van der Waals surface area contributed by atoms with Gasteiger partial charge in [0.05, 0.1) is 41.8 Å². The lowest BCUT2D eigenvalue weighted by Gasteiger charge is -2.19. The smallest absolute Gasteiger partial charge is 0.268 e. The Labute approximate surface area is 223 Å². The number of carbonyl (C=O) groups excluding carboxylic acids is 2. The first kappa shape index (κ1) is 25.7. The third kappa shape index (κ3) is 5.07. The fraction of sp³-hybridized carbons (Fsp3) is 0.286. The summed E-state index contributed by atoms with van der Waals surface area (Å²) in [5.41, 5.74) is 5.21. The van der Waals surface area contributed by atoms with E-state index in [0.717, 1.165) is 27.5 Å². The van der Waals surface area contributed by atoms with Gasteiger partial charge in [0.25, 0.3) is 11.8 Å². The maximum absolute atomic E-state index is 13.7. The lowest BCUT2D eigenvalue weighted by molar-refractivity contribution is -0.131. The lowest BCUT2D eigenvalue weighted by Crippen LogP contribution is -2.43. The van der Waals surface area contributed by atoms with Gasteiger partial charge in [0.1, 0.15) is 6.04 Å². The summed E-state index contributed by atoms with van der Waals surface area (Å²) in [4.78, 5) is 34.1. The number of hydrogen-bond donors (Lipinski definition) is 1. The van der Waals surface area contributed by atoms with Crippen molar-refractivity contribution in [3.8, 4) is 6.07 Å². The molecule has 0 aliphatic carbocycles. The van der Waals surface area contributed by atoms with Crippen LogP contribution in [0.5, 0.6) is 0 Å². The monoisotopic (exact) mass is 533 g/mol. The maximum Gasteiger partial charge on any atom is 0.268 e. The van der Waals surface area contributed by atoms with E-state index in [2.05, 4.69) is 40.4 Å². The minimum Gasteiger partial charge on any atom is -0.364 e. The molecular weight excluding hydrogens is 508 g/mol. The van der Waals surface area contributed by atoms with Crippen LogP contribution >= 0.6 is 11.8 Å². The standard InChI is InChI=1S/C28H25F2N5O2S/c1-17(19-4-6-24-25(11-19)38-16-34(24)2)9-18-3-5-23-22(10-18)21(7-8-32-23)27(37)33-14-26(36)35-15-28(29,30)12-20(35)13-31/h3-11,20H,12,14-16H2,1-2H3,(H,33,37)/b17-9+. The van der Waals surface area contributed by atoms with E-state index in [4.69, 9.17) is 5.26 Å². The van der Waals surface area contributed by atoms with Crippen molar-refractivity contribution in [1.29, 1.82) is 5.26 Å². The molecule has 1 atom stereocenters. The average molecular weight is 534 g/mol. The van der Waals surface area contributed by atoms with Crippen LogP contribution in [0.3, 0.4) is 0 Å². The van der Waals surface area contributed by atoms with Gasteiger partial charge in [0.15, 0.2) is 0 Å². The molecule has 3 heterocycles. The van der Waals surface area contributed by atoms with Crippen molar-refractivity contribution in [2.45, 2.75) is 30.2 Å². The van der Waals surface area contributed by atoms with Crippen LogP contribution in [-0.2, 0) is 4.79 Å². The zero-order valence-electron chi connectivity index (χ0n) is 20.9. The molecule has 2 amide bonds. The van der Waals surface area contributed by atoms with E-state index in [9.17, 15) is 18.4 Å². The highest BCUT2D eigenvalue weighted by Crippen LogP contribution is 2.39. The molecule has 7 nitrogen and oxygen atoms in total. The zero-order chi connectivity index (χ0) is 27.0. The van der Waals surface area contributed by atoms with E-state index in [1.54, 1.807) is 23.9 Å². The lowest BCUT2D eigenvalue weighted by atomic mass is 10.0. The number of benzene rings is 2. The van der Waals surface area contributed by atoms with Crippen molar-refractivity contribution in [2.24, 2.45) is 0 Å². The number of nitrogens with one attached hydrogen (secondary N) is 1. The Morgan fingerprint density at radius 3 is 2.87 bits per heavy atom. The Hall–Kier alpha value is -3.97. The van der Waals surface area contributed by atoms with Gasteiger partial charge < -0.3 is 15.1 Å². The van der Waals surface area contributed by atoms with E-state index in [-0.39, 0.29) is 0 Å². The highest BCUT2D eigenvalue weighted by Gasteiger charge is 2.47. The number of carbonyl (C=O) groups is 2. The number of anilines is 1. The Morgan fingerprint density at radius 2 is 2.08 bits per heavy atom. The summed E-state index contributed by atoms with van der Waals surface area (Å²) < 4.78 is 27.4. The first-order chi connectivity index (χ1) is 18.1. The molecule has 1 N–H and O–H groups in total. The molecule has 1 aromatic heterocycles. The van der Waals surface area contributed by atoms with Crippen LogP contribution in [-0.4, -0.2) is 59.7 Å². The number of rotatable bonds is 5. The normalized spacial score (nSPS) is 18.4. The van der Waals surface area contributed by atoms with Gasteiger partial charge in [-0.1, -0.05) is 18.2 Å². The van der Waals surface area contributed by atoms with Gasteiger partial charge in [0.2, 0.25) is 5.91 Å². The SMILES string of the molecule is C/C(=C\c1ccc2nccc(C(=O)NCC(=O)N3CC(F)(F)CC3C#N)c2c1)c1ccc2c(c1)SCN2C. The number of pyridine rings is 1. The summed E-state index contributed by atoms with van der Waals surface area (Å²) in [5.74, 6) is -3.43. The molecular formula is C28H25F2N5O2S. The molecule has 38 heavy (non-hydrogen) atoms. The summed E-state index contributed by atoms with van der Waals surface area (Å²) in [7, 11) is 2.07. The molecule has 2 aliphatic rings. The van der Waals surface area contributed by atoms with Crippen molar-refractivity contribution in [3.05, 3.63) is 65.4 Å². The zero-order valence-corrected chi connectivity index (χ0v) is 21.7. The Morgan fingerprint density at radius 1 is 1.26 bits per heavy atom. The van der Waals surface area contributed by atoms with Crippen molar-refractivity contribution in [3.63, 3.8) is 0 Å². The number of nitriles is 1. The number of nitrogens with zero attached hydrogens (tertiary/aromatic N) is 4. The highest BCUT2D eigenvalue weighted by molar-refractivity contribution is 7.99. The van der Waals surface area contributed by atoms with Gasteiger partial charge in [-0.3, -0.25) is 14.6 Å². The number of aromatic nitrogens is 1. The predicted octanol–water partition coefficient (Wildman–Crippen LogP) is 4.78. The molecule has 1 unspecified atom stereocenters. The Bertz CT molecular complexity index is 1520. The fourth-order valence-corrected chi connectivity index (χ4v) is 5.81. The molecule has 2 aliphatic heterocycles. The second kappa shape index (κ2) is 10.1. The molecule has 1 fully saturated rings. The van der Waals surface area contributed by atoms with Crippen molar-refractivity contribution < 1.29 is 18.4 Å². The number of likely N-dealkylation sites (tertiary alicyclic amines) is 1.